The maximum atomic E-state index is 12.6. The number of rotatable bonds is 5. The van der Waals surface area contributed by atoms with Crippen molar-refractivity contribution >= 4 is 50.5 Å². The van der Waals surface area contributed by atoms with Gasteiger partial charge in [0.1, 0.15) is 6.04 Å². The van der Waals surface area contributed by atoms with Gasteiger partial charge in [-0.2, -0.15) is 0 Å². The third-order valence-corrected chi connectivity index (χ3v) is 5.72. The van der Waals surface area contributed by atoms with Crippen LogP contribution in [0.5, 0.6) is 0 Å². The van der Waals surface area contributed by atoms with Crippen molar-refractivity contribution in [3.8, 4) is 0 Å². The van der Waals surface area contributed by atoms with Crippen LogP contribution in [-0.2, 0) is 14.8 Å². The summed E-state index contributed by atoms with van der Waals surface area (Å²) in [5.74, 6) is -0.479. The third-order valence-electron chi connectivity index (χ3n) is 3.74. The highest BCUT2D eigenvalue weighted by molar-refractivity contribution is 7.92. The zero-order chi connectivity index (χ0) is 19.6. The number of nitrogens with zero attached hydrogens (tertiary/aromatic N) is 1. The molecule has 8 heteroatoms. The highest BCUT2D eigenvalue weighted by Gasteiger charge is 2.29. The molecule has 1 atom stereocenters. The number of nitrogens with one attached hydrogen (secondary N) is 1. The molecule has 1 unspecified atom stereocenters. The van der Waals surface area contributed by atoms with Gasteiger partial charge in [-0.05, 0) is 62.2 Å². The molecular formula is C18H20Cl2N2O3S. The highest BCUT2D eigenvalue weighted by atomic mass is 35.5. The normalized spacial score (nSPS) is 12.5. The molecule has 0 bridgehead atoms. The van der Waals surface area contributed by atoms with Crippen molar-refractivity contribution in [3.63, 3.8) is 0 Å². The van der Waals surface area contributed by atoms with Crippen LogP contribution in [0, 0.1) is 13.8 Å². The van der Waals surface area contributed by atoms with Gasteiger partial charge >= 0.3 is 0 Å². The van der Waals surface area contributed by atoms with Crippen molar-refractivity contribution in [3.05, 3.63) is 57.6 Å². The lowest BCUT2D eigenvalue weighted by Gasteiger charge is -2.28. The smallest absolute Gasteiger partial charge is 0.247 e. The van der Waals surface area contributed by atoms with Crippen LogP contribution >= 0.6 is 23.2 Å². The lowest BCUT2D eigenvalue weighted by molar-refractivity contribution is -0.116. The van der Waals surface area contributed by atoms with Gasteiger partial charge in [-0.25, -0.2) is 8.42 Å². The Morgan fingerprint density at radius 3 is 2.12 bits per heavy atom. The molecule has 2 aromatic rings. The molecule has 2 aromatic carbocycles. The lowest BCUT2D eigenvalue weighted by Crippen LogP contribution is -2.45. The molecule has 26 heavy (non-hydrogen) atoms. The Bertz CT molecular complexity index is 925. The van der Waals surface area contributed by atoms with Crippen LogP contribution in [0.4, 0.5) is 11.4 Å². The summed E-state index contributed by atoms with van der Waals surface area (Å²) in [7, 11) is -3.68. The van der Waals surface area contributed by atoms with Crippen molar-refractivity contribution < 1.29 is 13.2 Å². The first kappa shape index (κ1) is 20.6. The number of carbonyl (C=O) groups excluding carboxylic acids is 1. The fourth-order valence-electron chi connectivity index (χ4n) is 2.71. The minimum atomic E-state index is -3.68. The van der Waals surface area contributed by atoms with Crippen molar-refractivity contribution in [1.82, 2.24) is 0 Å². The second-order valence-electron chi connectivity index (χ2n) is 6.20. The molecule has 0 saturated heterocycles. The number of aryl methyl sites for hydroxylation is 2. The van der Waals surface area contributed by atoms with Gasteiger partial charge in [0.05, 0.1) is 22.0 Å². The summed E-state index contributed by atoms with van der Waals surface area (Å²) in [6.45, 7) is 5.28. The molecule has 0 saturated carbocycles. The average molecular weight is 415 g/mol. The van der Waals surface area contributed by atoms with E-state index in [0.29, 0.717) is 21.4 Å². The summed E-state index contributed by atoms with van der Waals surface area (Å²) in [5, 5.41) is 3.34. The van der Waals surface area contributed by atoms with Crippen LogP contribution in [-0.4, -0.2) is 26.6 Å². The minimum Gasteiger partial charge on any atom is -0.324 e. The first-order valence-corrected chi connectivity index (χ1v) is 10.4. The summed E-state index contributed by atoms with van der Waals surface area (Å²) in [4.78, 5) is 12.6. The molecule has 1 amide bonds. The molecule has 5 nitrogen and oxygen atoms in total. The molecule has 2 rings (SSSR count). The van der Waals surface area contributed by atoms with Crippen LogP contribution in [0.2, 0.25) is 10.0 Å². The number of hydrogen-bond donors (Lipinski definition) is 1. The Balaban J connectivity index is 2.35. The zero-order valence-corrected chi connectivity index (χ0v) is 17.2. The van der Waals surface area contributed by atoms with Crippen LogP contribution in [0.15, 0.2) is 36.4 Å². The Kier molecular flexibility index (Phi) is 6.21. The summed E-state index contributed by atoms with van der Waals surface area (Å²) < 4.78 is 25.8. The van der Waals surface area contributed by atoms with E-state index >= 15 is 0 Å². The maximum absolute atomic E-state index is 12.6. The fraction of sp³-hybridized carbons (Fsp3) is 0.278. The molecular weight excluding hydrogens is 395 g/mol. The quantitative estimate of drug-likeness (QED) is 0.787. The predicted octanol–water partition coefficient (Wildman–Crippen LogP) is 4.40. The zero-order valence-electron chi connectivity index (χ0n) is 14.9. The number of sulfonamides is 1. The first-order chi connectivity index (χ1) is 12.0. The fourth-order valence-corrected chi connectivity index (χ4v) is 4.16. The van der Waals surface area contributed by atoms with Gasteiger partial charge in [0.2, 0.25) is 15.9 Å². The van der Waals surface area contributed by atoms with Gasteiger partial charge in [-0.1, -0.05) is 29.3 Å². The second-order valence-corrected chi connectivity index (χ2v) is 8.87. The van der Waals surface area contributed by atoms with Gasteiger partial charge in [0.25, 0.3) is 0 Å². The molecule has 0 heterocycles. The number of hydrogen-bond acceptors (Lipinski definition) is 3. The van der Waals surface area contributed by atoms with E-state index in [0.717, 1.165) is 21.7 Å². The second kappa shape index (κ2) is 7.86. The predicted molar refractivity (Wildman–Crippen MR) is 108 cm³/mol. The average Bonchev–Trinajstić information content (AvgIpc) is 2.48. The van der Waals surface area contributed by atoms with Gasteiger partial charge in [0.15, 0.2) is 0 Å². The SMILES string of the molecule is Cc1cc(C)cc(N(C(C)C(=O)Nc2ccc(Cl)c(Cl)c2)S(C)(=O)=O)c1. The molecule has 0 aliphatic carbocycles. The van der Waals surface area contributed by atoms with E-state index in [9.17, 15) is 13.2 Å². The molecule has 0 aliphatic rings. The van der Waals surface area contributed by atoms with Crippen LogP contribution in [0.3, 0.4) is 0 Å². The van der Waals surface area contributed by atoms with Crippen LogP contribution in [0.25, 0.3) is 0 Å². The molecule has 1 N–H and O–H groups in total. The highest BCUT2D eigenvalue weighted by Crippen LogP contribution is 2.27. The standard InChI is InChI=1S/C18H20Cl2N2O3S/c1-11-7-12(2)9-15(8-11)22(26(4,24)25)13(3)18(23)21-14-5-6-16(19)17(20)10-14/h5-10,13H,1-4H3,(H,21,23). The Hall–Kier alpha value is -1.76. The van der Waals surface area contributed by atoms with Crippen molar-refractivity contribution in [1.29, 1.82) is 0 Å². The van der Waals surface area contributed by atoms with E-state index in [1.165, 1.54) is 13.0 Å². The largest absolute Gasteiger partial charge is 0.324 e. The third kappa shape index (κ3) is 4.90. The molecule has 140 valence electrons. The monoisotopic (exact) mass is 414 g/mol. The molecule has 0 radical (unpaired) electrons. The number of benzene rings is 2. The Morgan fingerprint density at radius 1 is 1.04 bits per heavy atom. The molecule has 0 spiro atoms. The maximum Gasteiger partial charge on any atom is 0.247 e. The number of halogens is 2. The van der Waals surface area contributed by atoms with Gasteiger partial charge in [-0.15, -0.1) is 0 Å². The summed E-state index contributed by atoms with van der Waals surface area (Å²) in [5.41, 5.74) is 2.70. The van der Waals surface area contributed by atoms with Crippen molar-refractivity contribution in [2.45, 2.75) is 26.8 Å². The van der Waals surface area contributed by atoms with E-state index < -0.39 is 22.0 Å². The van der Waals surface area contributed by atoms with Gasteiger partial charge in [0, 0.05) is 5.69 Å². The molecule has 0 aliphatic heterocycles. The number of carbonyl (C=O) groups is 1. The number of anilines is 2. The lowest BCUT2D eigenvalue weighted by atomic mass is 10.1. The van der Waals surface area contributed by atoms with Crippen LogP contribution < -0.4 is 9.62 Å². The Labute approximate surface area is 164 Å². The Morgan fingerprint density at radius 2 is 1.62 bits per heavy atom. The van der Waals surface area contributed by atoms with E-state index in [4.69, 9.17) is 23.2 Å². The van der Waals surface area contributed by atoms with E-state index in [1.807, 2.05) is 19.9 Å². The topological polar surface area (TPSA) is 66.5 Å². The van der Waals surface area contributed by atoms with E-state index in [2.05, 4.69) is 5.32 Å². The van der Waals surface area contributed by atoms with Crippen molar-refractivity contribution in [2.75, 3.05) is 15.9 Å². The molecule has 0 aromatic heterocycles. The van der Waals surface area contributed by atoms with Gasteiger partial charge in [-0.3, -0.25) is 9.10 Å². The van der Waals surface area contributed by atoms with E-state index in [1.54, 1.807) is 24.3 Å². The molecule has 0 fully saturated rings. The van der Waals surface area contributed by atoms with Crippen molar-refractivity contribution in [2.24, 2.45) is 0 Å². The number of amides is 1. The summed E-state index contributed by atoms with van der Waals surface area (Å²) in [6.07, 6.45) is 1.08. The summed E-state index contributed by atoms with van der Waals surface area (Å²) in [6, 6.07) is 9.11. The van der Waals surface area contributed by atoms with Crippen LogP contribution in [0.1, 0.15) is 18.1 Å². The first-order valence-electron chi connectivity index (χ1n) is 7.82. The van der Waals surface area contributed by atoms with Gasteiger partial charge < -0.3 is 5.32 Å². The summed E-state index contributed by atoms with van der Waals surface area (Å²) >= 11 is 11.8. The minimum absolute atomic E-state index is 0.298. The van der Waals surface area contributed by atoms with E-state index in [-0.39, 0.29) is 0 Å².